The SMILES string of the molecule is [2H]C([2H])([2H])c1cc2c(cc1-c1c(C([2H])([2H])[2H])ccc3c1oc1nc4ccccc4n13)[Si](C([2H])([2H])[2H])(C([2H])([2H])[2H])c1ccc(C)c(-c3ccc4c(c3)-c3ccccc3-c3ncncc3-c3ccccc3-4)c1O2. The van der Waals surface area contributed by atoms with E-state index in [2.05, 4.69) is 9.97 Å². The highest BCUT2D eigenvalue weighted by atomic mass is 28.3. The fraction of sp³-hybridized carbons (Fsp3) is 0.0962. The van der Waals surface area contributed by atoms with Gasteiger partial charge in [-0.2, -0.15) is 4.98 Å². The minimum Gasteiger partial charge on any atom is -0.457 e. The molecule has 4 heterocycles. The van der Waals surface area contributed by atoms with E-state index in [0.717, 1.165) is 44.6 Å². The van der Waals surface area contributed by atoms with Crippen LogP contribution in [-0.2, 0) is 0 Å². The fourth-order valence-corrected chi connectivity index (χ4v) is 11.1. The first-order chi connectivity index (χ1) is 33.7. The molecule has 12 rings (SSSR count). The Bertz CT molecular complexity index is 3890. The van der Waals surface area contributed by atoms with Crippen LogP contribution < -0.4 is 15.1 Å². The number of aromatic nitrogens is 4. The van der Waals surface area contributed by atoms with E-state index in [1.54, 1.807) is 22.6 Å². The summed E-state index contributed by atoms with van der Waals surface area (Å²) < 4.78 is 124. The maximum absolute atomic E-state index is 9.39. The van der Waals surface area contributed by atoms with Crippen molar-refractivity contribution in [3.63, 3.8) is 0 Å². The Kier molecular flexibility index (Phi) is 4.96. The predicted octanol–water partition coefficient (Wildman–Crippen LogP) is 12.2. The van der Waals surface area contributed by atoms with Gasteiger partial charge < -0.3 is 9.15 Å². The lowest BCUT2D eigenvalue weighted by atomic mass is 9.82. The number of imidazole rings is 1. The predicted molar refractivity (Wildman–Crippen MR) is 242 cm³/mol. The van der Waals surface area contributed by atoms with Gasteiger partial charge in [0.15, 0.2) is 5.58 Å². The van der Waals surface area contributed by atoms with Crippen molar-refractivity contribution in [1.82, 2.24) is 19.4 Å². The van der Waals surface area contributed by atoms with Crippen LogP contribution in [0.3, 0.4) is 0 Å². The van der Waals surface area contributed by atoms with Crippen LogP contribution in [-0.4, -0.2) is 27.4 Å². The highest BCUT2D eigenvalue weighted by Crippen LogP contribution is 2.49. The van der Waals surface area contributed by atoms with Crippen LogP contribution in [0.1, 0.15) is 33.1 Å². The molecule has 0 N–H and O–H groups in total. The largest absolute Gasteiger partial charge is 0.457 e. The third kappa shape index (κ3) is 4.76. The molecule has 0 atom stereocenters. The summed E-state index contributed by atoms with van der Waals surface area (Å²) in [7, 11) is -5.25. The van der Waals surface area contributed by atoms with Crippen LogP contribution in [0.2, 0.25) is 13.0 Å². The van der Waals surface area contributed by atoms with Crippen LogP contribution >= 0.6 is 0 Å². The van der Waals surface area contributed by atoms with Crippen LogP contribution in [0.4, 0.5) is 0 Å². The van der Waals surface area contributed by atoms with Gasteiger partial charge in [0.25, 0.3) is 0 Å². The van der Waals surface area contributed by atoms with E-state index in [-0.39, 0.29) is 50.0 Å². The standard InChI is InChI=1S/C52H38N4O2Si/c1-29-19-23-45-51(47(29)32-20-21-36-33-12-6-7-13-34(33)40-27-53-28-54-49(40)37-15-9-8-14-35(37)39(36)25-32)57-44-24-31(3)38(26-46(44)59(45,4)5)48-30(2)18-22-43-50(48)58-52-55-41-16-10-11-17-42(41)56(43)52/h6-28H,1-5H3/i2D3,3D3,4D3,5D3. The topological polar surface area (TPSA) is 65.5 Å². The zero-order valence-corrected chi connectivity index (χ0v) is 32.4. The first kappa shape index (κ1) is 24.0. The minimum absolute atomic E-state index is 0.0114. The number of rotatable bonds is 2. The first-order valence-electron chi connectivity index (χ1n) is 25.2. The van der Waals surface area contributed by atoms with Crippen molar-refractivity contribution in [1.29, 1.82) is 0 Å². The van der Waals surface area contributed by atoms with E-state index in [4.69, 9.17) is 22.4 Å². The van der Waals surface area contributed by atoms with Crippen molar-refractivity contribution in [3.05, 3.63) is 157 Å². The van der Waals surface area contributed by atoms with Gasteiger partial charge >= 0.3 is 5.84 Å². The van der Waals surface area contributed by atoms with Gasteiger partial charge in [-0.25, -0.2) is 9.97 Å². The molecule has 282 valence electrons. The number of benzene rings is 7. The zero-order chi connectivity index (χ0) is 49.7. The summed E-state index contributed by atoms with van der Waals surface area (Å²) in [6.45, 7) is -10.4. The summed E-state index contributed by atoms with van der Waals surface area (Å²) in [6.07, 6.45) is 3.32. The second-order valence-electron chi connectivity index (χ2n) is 15.2. The molecular weight excluding hydrogens is 741 g/mol. The lowest BCUT2D eigenvalue weighted by Gasteiger charge is -2.35. The molecule has 0 fully saturated rings. The molecule has 59 heavy (non-hydrogen) atoms. The molecule has 0 amide bonds. The zero-order valence-electron chi connectivity index (χ0n) is 43.4. The highest BCUT2D eigenvalue weighted by molar-refractivity contribution is 7.02. The average Bonchev–Trinajstić information content (AvgIpc) is 3.87. The Balaban J connectivity index is 1.15. The Morgan fingerprint density at radius 3 is 2.19 bits per heavy atom. The fourth-order valence-electron chi connectivity index (χ4n) is 9.15. The van der Waals surface area contributed by atoms with Crippen LogP contribution in [0, 0.1) is 20.6 Å². The second-order valence-corrected chi connectivity index (χ2v) is 17.8. The summed E-state index contributed by atoms with van der Waals surface area (Å²) in [5.74, 6) is -0.169. The van der Waals surface area contributed by atoms with Gasteiger partial charge in [-0.1, -0.05) is 110 Å². The van der Waals surface area contributed by atoms with Gasteiger partial charge in [-0.3, -0.25) is 4.40 Å². The van der Waals surface area contributed by atoms with Gasteiger partial charge in [-0.15, -0.1) is 0 Å². The van der Waals surface area contributed by atoms with Crippen LogP contribution in [0.25, 0.3) is 94.9 Å². The Morgan fingerprint density at radius 2 is 1.36 bits per heavy atom. The average molecular weight is 791 g/mol. The van der Waals surface area contributed by atoms with Gasteiger partial charge in [0.1, 0.15) is 25.9 Å². The van der Waals surface area contributed by atoms with E-state index in [0.29, 0.717) is 33.2 Å². The lowest BCUT2D eigenvalue weighted by Crippen LogP contribution is -2.56. The Labute approximate surface area is 359 Å². The van der Waals surface area contributed by atoms with E-state index in [1.165, 1.54) is 30.6 Å². The summed E-state index contributed by atoms with van der Waals surface area (Å²) in [4.78, 5) is 13.8. The number of fused-ring (bicyclic) bond motifs is 15. The highest BCUT2D eigenvalue weighted by Gasteiger charge is 2.39. The molecule has 10 aromatic rings. The van der Waals surface area contributed by atoms with Gasteiger partial charge in [0, 0.05) is 44.9 Å². The molecule has 0 unspecified atom stereocenters. The van der Waals surface area contributed by atoms with Crippen molar-refractivity contribution in [3.8, 4) is 78.4 Å². The molecule has 7 heteroatoms. The molecule has 0 bridgehead atoms. The van der Waals surface area contributed by atoms with Gasteiger partial charge in [-0.05, 0) is 117 Å². The third-order valence-electron chi connectivity index (χ3n) is 11.9. The summed E-state index contributed by atoms with van der Waals surface area (Å²) in [5.41, 5.74) is 9.05. The number of aryl methyl sites for hydroxylation is 3. The molecular formula is C52H38N4O2Si. The molecule has 0 radical (unpaired) electrons. The van der Waals surface area contributed by atoms with E-state index >= 15 is 0 Å². The van der Waals surface area contributed by atoms with Crippen molar-refractivity contribution >= 4 is 46.4 Å². The number of hydrogen-bond donors (Lipinski definition) is 0. The summed E-state index contributed by atoms with van der Waals surface area (Å²) in [5, 5.41) is -0.277. The number of oxazole rings is 1. The summed E-state index contributed by atoms with van der Waals surface area (Å²) in [6, 6.07) is 37.5. The van der Waals surface area contributed by atoms with Crippen molar-refractivity contribution in [2.75, 3.05) is 0 Å². The first-order valence-corrected chi connectivity index (χ1v) is 21.2. The second kappa shape index (κ2) is 12.2. The molecule has 1 aliphatic heterocycles. The molecule has 1 aliphatic carbocycles. The number of ether oxygens (including phenoxy) is 1. The van der Waals surface area contributed by atoms with Crippen molar-refractivity contribution < 1.29 is 25.6 Å². The minimum atomic E-state index is -5.25. The molecule has 6 nitrogen and oxygen atoms in total. The smallest absolute Gasteiger partial charge is 0.307 e. The molecule has 7 aromatic carbocycles. The van der Waals surface area contributed by atoms with Crippen molar-refractivity contribution in [2.45, 2.75) is 33.6 Å². The maximum Gasteiger partial charge on any atom is 0.307 e. The number of para-hydroxylation sites is 2. The van der Waals surface area contributed by atoms with Crippen LogP contribution in [0.5, 0.6) is 11.5 Å². The van der Waals surface area contributed by atoms with E-state index in [1.807, 2.05) is 98.0 Å². The molecule has 2 aliphatic rings. The Morgan fingerprint density at radius 1 is 0.610 bits per heavy atom. The molecule has 0 saturated heterocycles. The molecule has 0 spiro atoms. The lowest BCUT2D eigenvalue weighted by molar-refractivity contribution is 0.488. The maximum atomic E-state index is 9.39. The van der Waals surface area contributed by atoms with E-state index < -0.39 is 40.3 Å². The third-order valence-corrected chi connectivity index (χ3v) is 14.3. The van der Waals surface area contributed by atoms with Crippen LogP contribution in [0.15, 0.2) is 144 Å². The summed E-state index contributed by atoms with van der Waals surface area (Å²) >= 11 is 0. The number of hydrogen-bond acceptors (Lipinski definition) is 5. The van der Waals surface area contributed by atoms with Crippen molar-refractivity contribution in [2.24, 2.45) is 0 Å². The van der Waals surface area contributed by atoms with Gasteiger partial charge in [0.2, 0.25) is 0 Å². The Hall–Kier alpha value is -7.09. The normalized spacial score (nSPS) is 17.3. The number of nitrogens with zero attached hydrogens (tertiary/aromatic N) is 4. The van der Waals surface area contributed by atoms with Gasteiger partial charge in [0.05, 0.1) is 22.2 Å². The quantitative estimate of drug-likeness (QED) is 0.163. The molecule has 3 aromatic heterocycles. The monoisotopic (exact) mass is 790 g/mol. The van der Waals surface area contributed by atoms with E-state index in [9.17, 15) is 8.22 Å². The molecule has 0 saturated carbocycles.